The van der Waals surface area contributed by atoms with E-state index in [0.29, 0.717) is 42.0 Å². The molecular formula is C18H24N6O3S. The molecule has 3 aromatic heterocycles. The van der Waals surface area contributed by atoms with Crippen LogP contribution in [0.1, 0.15) is 24.7 Å². The molecular weight excluding hydrogens is 380 g/mol. The number of fused-ring (bicyclic) bond motifs is 1. The molecule has 4 rings (SSSR count). The molecule has 1 saturated heterocycles. The molecule has 0 bridgehead atoms. The van der Waals surface area contributed by atoms with E-state index in [-0.39, 0.29) is 6.04 Å². The normalized spacial score (nSPS) is 19.3. The molecule has 0 saturated carbocycles. The van der Waals surface area contributed by atoms with Crippen molar-refractivity contribution in [3.63, 3.8) is 0 Å². The van der Waals surface area contributed by atoms with E-state index in [9.17, 15) is 8.42 Å². The lowest BCUT2D eigenvalue weighted by Crippen LogP contribution is -2.44. The lowest BCUT2D eigenvalue weighted by atomic mass is 10.1. The number of H-pyrrole nitrogens is 1. The number of rotatable bonds is 4. The Morgan fingerprint density at radius 2 is 2.18 bits per heavy atom. The summed E-state index contributed by atoms with van der Waals surface area (Å²) in [6.07, 6.45) is 2.91. The number of aryl methyl sites for hydroxylation is 1. The Morgan fingerprint density at radius 3 is 2.82 bits per heavy atom. The van der Waals surface area contributed by atoms with E-state index in [2.05, 4.69) is 27.1 Å². The molecule has 9 nitrogen and oxygen atoms in total. The summed E-state index contributed by atoms with van der Waals surface area (Å²) in [7, 11) is -1.50. The predicted octanol–water partition coefficient (Wildman–Crippen LogP) is 1.69. The number of hydrogen-bond acceptors (Lipinski definition) is 7. The average molecular weight is 404 g/mol. The van der Waals surface area contributed by atoms with Gasteiger partial charge in [-0.15, -0.1) is 0 Å². The maximum absolute atomic E-state index is 12.4. The molecule has 1 unspecified atom stereocenters. The maximum Gasteiger partial charge on any atom is 0.154 e. The summed E-state index contributed by atoms with van der Waals surface area (Å²) in [5, 5.41) is 10.9. The minimum Gasteiger partial charge on any atom is -0.377 e. The Bertz CT molecular complexity index is 1110. The predicted molar refractivity (Wildman–Crippen MR) is 107 cm³/mol. The van der Waals surface area contributed by atoms with Gasteiger partial charge in [-0.05, 0) is 26.0 Å². The number of hydrogen-bond donors (Lipinski definition) is 1. The zero-order chi connectivity index (χ0) is 20.1. The van der Waals surface area contributed by atoms with Crippen LogP contribution in [0.4, 0.5) is 5.82 Å². The summed E-state index contributed by atoms with van der Waals surface area (Å²) in [6, 6.07) is 3.86. The molecule has 1 aliphatic rings. The molecule has 1 fully saturated rings. The molecule has 1 N–H and O–H groups in total. The highest BCUT2D eigenvalue weighted by molar-refractivity contribution is 7.90. The van der Waals surface area contributed by atoms with Crippen molar-refractivity contribution in [3.05, 3.63) is 23.9 Å². The number of nitrogens with one attached hydrogen (secondary N) is 1. The smallest absolute Gasteiger partial charge is 0.154 e. The van der Waals surface area contributed by atoms with Gasteiger partial charge in [-0.3, -0.25) is 9.78 Å². The molecule has 28 heavy (non-hydrogen) atoms. The van der Waals surface area contributed by atoms with Crippen molar-refractivity contribution in [2.24, 2.45) is 7.05 Å². The fourth-order valence-electron chi connectivity index (χ4n) is 3.62. The summed E-state index contributed by atoms with van der Waals surface area (Å²) in [6.45, 7) is 5.70. The van der Waals surface area contributed by atoms with Crippen LogP contribution in [0.15, 0.2) is 18.3 Å². The van der Waals surface area contributed by atoms with Crippen molar-refractivity contribution < 1.29 is 13.2 Å². The molecule has 0 radical (unpaired) electrons. The minimum atomic E-state index is -3.30. The highest BCUT2D eigenvalue weighted by Crippen LogP contribution is 2.35. The van der Waals surface area contributed by atoms with Gasteiger partial charge >= 0.3 is 0 Å². The Balaban J connectivity index is 2.00. The van der Waals surface area contributed by atoms with Gasteiger partial charge < -0.3 is 9.64 Å². The third kappa shape index (κ3) is 3.16. The molecule has 0 aromatic carbocycles. The number of morpholine rings is 1. The van der Waals surface area contributed by atoms with Gasteiger partial charge in [0.05, 0.1) is 35.7 Å². The first-order valence-corrected chi connectivity index (χ1v) is 11.1. The first-order valence-electron chi connectivity index (χ1n) is 9.18. The zero-order valence-corrected chi connectivity index (χ0v) is 17.2. The van der Waals surface area contributed by atoms with Gasteiger partial charge in [0.25, 0.3) is 0 Å². The van der Waals surface area contributed by atoms with Crippen LogP contribution in [0, 0.1) is 0 Å². The van der Waals surface area contributed by atoms with Crippen molar-refractivity contribution in [1.82, 2.24) is 25.0 Å². The van der Waals surface area contributed by atoms with Crippen molar-refractivity contribution in [2.75, 3.05) is 30.9 Å². The second-order valence-electron chi connectivity index (χ2n) is 7.30. The average Bonchev–Trinajstić information content (AvgIpc) is 3.28. The van der Waals surface area contributed by atoms with Gasteiger partial charge in [-0.25, -0.2) is 13.4 Å². The number of nitrogens with zero attached hydrogens (tertiary/aromatic N) is 5. The van der Waals surface area contributed by atoms with E-state index in [0.717, 1.165) is 11.5 Å². The third-order valence-corrected chi connectivity index (χ3v) is 6.84. The summed E-state index contributed by atoms with van der Waals surface area (Å²) in [5.41, 5.74) is 3.46. The van der Waals surface area contributed by atoms with Gasteiger partial charge in [0.15, 0.2) is 9.84 Å². The number of aromatic amines is 1. The molecule has 2 atom stereocenters. The fourth-order valence-corrected chi connectivity index (χ4v) is 4.26. The van der Waals surface area contributed by atoms with Crippen molar-refractivity contribution in [1.29, 1.82) is 0 Å². The highest BCUT2D eigenvalue weighted by atomic mass is 32.2. The standard InChI is InChI=1S/C18H24N6O3S/c1-11-10-27-8-7-24(11)15-9-13(12(2)28(4,25)26)18-17(20-15)16(22-23(18)3)14-5-6-19-21-14/h5-6,9,11-12H,7-8,10H2,1-4H3,(H,19,21)/t11-,12?/m1/s1. The van der Waals surface area contributed by atoms with Crippen molar-refractivity contribution in [3.8, 4) is 11.4 Å². The Morgan fingerprint density at radius 1 is 1.39 bits per heavy atom. The van der Waals surface area contributed by atoms with Crippen LogP contribution in [0.25, 0.3) is 22.4 Å². The van der Waals surface area contributed by atoms with Crippen molar-refractivity contribution >= 4 is 26.7 Å². The van der Waals surface area contributed by atoms with Crippen molar-refractivity contribution in [2.45, 2.75) is 25.1 Å². The van der Waals surface area contributed by atoms with Gasteiger partial charge in [-0.1, -0.05) is 0 Å². The van der Waals surface area contributed by atoms with Crippen LogP contribution < -0.4 is 4.90 Å². The van der Waals surface area contributed by atoms with Crippen LogP contribution in [-0.2, 0) is 21.6 Å². The number of anilines is 1. The molecule has 3 aromatic rings. The van der Waals surface area contributed by atoms with E-state index in [1.807, 2.05) is 12.1 Å². The number of aromatic nitrogens is 5. The molecule has 4 heterocycles. The summed E-state index contributed by atoms with van der Waals surface area (Å²) in [4.78, 5) is 7.05. The zero-order valence-electron chi connectivity index (χ0n) is 16.4. The van der Waals surface area contributed by atoms with Gasteiger partial charge in [-0.2, -0.15) is 10.2 Å². The van der Waals surface area contributed by atoms with Crippen LogP contribution in [-0.4, -0.2) is 65.4 Å². The highest BCUT2D eigenvalue weighted by Gasteiger charge is 2.28. The van der Waals surface area contributed by atoms with Crippen LogP contribution in [0.3, 0.4) is 0 Å². The molecule has 1 aliphatic heterocycles. The Kier molecular flexibility index (Phi) is 4.62. The SMILES string of the molecule is CC(c1cc(N2CCOC[C@H]2C)nc2c(-c3ccn[nH]3)nn(C)c12)S(C)(=O)=O. The van der Waals surface area contributed by atoms with Gasteiger partial charge in [0, 0.05) is 31.6 Å². The quantitative estimate of drug-likeness (QED) is 0.705. The fraction of sp³-hybridized carbons (Fsp3) is 0.500. The van der Waals surface area contributed by atoms with E-state index >= 15 is 0 Å². The van der Waals surface area contributed by atoms with Crippen LogP contribution in [0.5, 0.6) is 0 Å². The summed E-state index contributed by atoms with van der Waals surface area (Å²) >= 11 is 0. The Labute approximate surface area is 163 Å². The number of ether oxygens (including phenoxy) is 1. The molecule has 0 spiro atoms. The third-order valence-electron chi connectivity index (χ3n) is 5.30. The summed E-state index contributed by atoms with van der Waals surface area (Å²) < 4.78 is 32.0. The minimum absolute atomic E-state index is 0.146. The lowest BCUT2D eigenvalue weighted by molar-refractivity contribution is 0.0985. The number of pyridine rings is 1. The second kappa shape index (κ2) is 6.85. The summed E-state index contributed by atoms with van der Waals surface area (Å²) in [5.74, 6) is 0.738. The van der Waals surface area contributed by atoms with E-state index in [1.54, 1.807) is 24.9 Å². The largest absolute Gasteiger partial charge is 0.377 e. The van der Waals surface area contributed by atoms with Crippen LogP contribution in [0.2, 0.25) is 0 Å². The molecule has 0 amide bonds. The molecule has 10 heteroatoms. The lowest BCUT2D eigenvalue weighted by Gasteiger charge is -2.34. The Hall–Kier alpha value is -2.46. The first-order chi connectivity index (χ1) is 13.3. The first kappa shape index (κ1) is 18.9. The van der Waals surface area contributed by atoms with E-state index < -0.39 is 15.1 Å². The van der Waals surface area contributed by atoms with E-state index in [4.69, 9.17) is 9.72 Å². The maximum atomic E-state index is 12.4. The topological polar surface area (TPSA) is 106 Å². The van der Waals surface area contributed by atoms with Gasteiger partial charge in [0.1, 0.15) is 17.0 Å². The molecule has 150 valence electrons. The van der Waals surface area contributed by atoms with E-state index in [1.165, 1.54) is 6.26 Å². The van der Waals surface area contributed by atoms with Gasteiger partial charge in [0.2, 0.25) is 0 Å². The van der Waals surface area contributed by atoms with Crippen LogP contribution >= 0.6 is 0 Å². The monoisotopic (exact) mass is 404 g/mol. The number of sulfone groups is 1. The molecule has 0 aliphatic carbocycles. The second-order valence-corrected chi connectivity index (χ2v) is 9.66.